The van der Waals surface area contributed by atoms with Crippen LogP contribution in [0.15, 0.2) is 0 Å². The van der Waals surface area contributed by atoms with E-state index in [2.05, 4.69) is 6.92 Å². The fraction of sp³-hybridized carbons (Fsp3) is 1.00. The summed E-state index contributed by atoms with van der Waals surface area (Å²) in [7, 11) is -3.71. The van der Waals surface area contributed by atoms with Crippen molar-refractivity contribution in [1.29, 1.82) is 0 Å². The molecule has 0 unspecified atom stereocenters. The summed E-state index contributed by atoms with van der Waals surface area (Å²) in [5.41, 5.74) is 0. The molecular formula is C14H33O3P. The van der Waals surface area contributed by atoms with E-state index >= 15 is 0 Å². The van der Waals surface area contributed by atoms with Gasteiger partial charge in [-0.3, -0.25) is 0 Å². The van der Waals surface area contributed by atoms with Gasteiger partial charge in [0.25, 0.3) is 0 Å². The van der Waals surface area contributed by atoms with E-state index in [-0.39, 0.29) is 0 Å². The van der Waals surface area contributed by atoms with Crippen molar-refractivity contribution in [1.82, 2.24) is 0 Å². The van der Waals surface area contributed by atoms with Crippen LogP contribution in [-0.2, 0) is 4.52 Å². The van der Waals surface area contributed by atoms with Crippen LogP contribution in [-0.4, -0.2) is 29.7 Å². The van der Waals surface area contributed by atoms with Crippen LogP contribution in [0.2, 0.25) is 0 Å². The first-order chi connectivity index (χ1) is 8.31. The van der Waals surface area contributed by atoms with E-state index in [0.717, 1.165) is 12.8 Å². The number of rotatable bonds is 12. The first-order valence-corrected chi connectivity index (χ1v) is 10.4. The van der Waals surface area contributed by atoms with Crippen molar-refractivity contribution in [2.75, 3.05) is 19.9 Å². The van der Waals surface area contributed by atoms with E-state index in [0.29, 0.717) is 6.61 Å². The molecule has 0 fully saturated rings. The molecule has 0 aliphatic rings. The molecule has 0 heterocycles. The molecule has 0 aliphatic carbocycles. The van der Waals surface area contributed by atoms with E-state index in [1.807, 2.05) is 0 Å². The van der Waals surface area contributed by atoms with Crippen molar-refractivity contribution >= 4 is 7.28 Å². The van der Waals surface area contributed by atoms with Crippen molar-refractivity contribution in [3.05, 3.63) is 0 Å². The number of unbranched alkanes of at least 4 members (excludes halogenated alkanes) is 9. The summed E-state index contributed by atoms with van der Waals surface area (Å²) in [5, 5.41) is 0. The normalized spacial score (nSPS) is 14.4. The Labute approximate surface area is 113 Å². The predicted molar refractivity (Wildman–Crippen MR) is 81.0 cm³/mol. The third kappa shape index (κ3) is 16.3. The second-order valence-electron chi connectivity index (χ2n) is 5.88. The quantitative estimate of drug-likeness (QED) is 0.410. The minimum absolute atomic E-state index is 0.467. The van der Waals surface area contributed by atoms with E-state index in [9.17, 15) is 9.79 Å². The van der Waals surface area contributed by atoms with Crippen LogP contribution < -0.4 is 0 Å². The van der Waals surface area contributed by atoms with Gasteiger partial charge in [-0.15, -0.1) is 0 Å². The van der Waals surface area contributed by atoms with Gasteiger partial charge in [-0.1, -0.05) is 6.92 Å². The molecule has 0 saturated heterocycles. The Bertz CT molecular complexity index is 190. The van der Waals surface area contributed by atoms with Gasteiger partial charge < -0.3 is 0 Å². The molecule has 112 valence electrons. The second-order valence-corrected chi connectivity index (χ2v) is 9.87. The molecule has 0 aromatic rings. The van der Waals surface area contributed by atoms with Crippen LogP contribution in [0, 0.1) is 0 Å². The molecule has 0 aromatic carbocycles. The maximum atomic E-state index is 9.49. The Morgan fingerprint density at radius 1 is 0.722 bits per heavy atom. The molecule has 2 N–H and O–H groups in total. The van der Waals surface area contributed by atoms with Crippen LogP contribution in [0.25, 0.3) is 0 Å². The number of hydrogen-bond acceptors (Lipinski definition) is 3. The number of hydrogen-bond donors (Lipinski definition) is 2. The summed E-state index contributed by atoms with van der Waals surface area (Å²) < 4.78 is 5.13. The first-order valence-electron chi connectivity index (χ1n) is 7.47. The first kappa shape index (κ1) is 18.3. The van der Waals surface area contributed by atoms with Crippen molar-refractivity contribution in [3.63, 3.8) is 0 Å². The van der Waals surface area contributed by atoms with Crippen molar-refractivity contribution in [2.24, 2.45) is 0 Å². The zero-order valence-corrected chi connectivity index (χ0v) is 13.4. The Morgan fingerprint density at radius 2 is 1.11 bits per heavy atom. The Morgan fingerprint density at radius 3 is 1.50 bits per heavy atom. The van der Waals surface area contributed by atoms with Gasteiger partial charge in [-0.05, 0) is 0 Å². The van der Waals surface area contributed by atoms with E-state index in [4.69, 9.17) is 4.52 Å². The van der Waals surface area contributed by atoms with Crippen LogP contribution >= 0.6 is 7.28 Å². The molecular weight excluding hydrogens is 247 g/mol. The van der Waals surface area contributed by atoms with Gasteiger partial charge in [0, 0.05) is 0 Å². The zero-order valence-electron chi connectivity index (χ0n) is 12.5. The molecule has 0 radical (unpaired) electrons. The summed E-state index contributed by atoms with van der Waals surface area (Å²) >= 11 is 0. The average Bonchev–Trinajstić information content (AvgIpc) is 2.23. The van der Waals surface area contributed by atoms with Gasteiger partial charge in [0.05, 0.1) is 0 Å². The summed E-state index contributed by atoms with van der Waals surface area (Å²) in [6.45, 7) is 5.49. The standard InChI is InChI=1S/C14H33O3P/c1-4-5-6-7-8-9-10-11-12-13-14-17-18(2,3,15)16/h15-16H,4-14H2,1-3H3. The summed E-state index contributed by atoms with van der Waals surface area (Å²) in [5.74, 6) is 0. The molecule has 0 aliphatic heterocycles. The van der Waals surface area contributed by atoms with Gasteiger partial charge in [0.1, 0.15) is 0 Å². The molecule has 0 aromatic heterocycles. The van der Waals surface area contributed by atoms with E-state index in [1.54, 1.807) is 0 Å². The maximum absolute atomic E-state index is 9.49. The molecule has 0 bridgehead atoms. The van der Waals surface area contributed by atoms with Gasteiger partial charge in [0.15, 0.2) is 0 Å². The van der Waals surface area contributed by atoms with Crippen molar-refractivity contribution in [2.45, 2.75) is 71.1 Å². The van der Waals surface area contributed by atoms with Gasteiger partial charge in [-0.2, -0.15) is 0 Å². The molecule has 0 rings (SSSR count). The third-order valence-electron chi connectivity index (χ3n) is 2.96. The van der Waals surface area contributed by atoms with Crippen LogP contribution in [0.1, 0.15) is 71.1 Å². The monoisotopic (exact) mass is 280 g/mol. The fourth-order valence-corrected chi connectivity index (χ4v) is 2.58. The van der Waals surface area contributed by atoms with Gasteiger partial charge in [0.2, 0.25) is 0 Å². The van der Waals surface area contributed by atoms with Gasteiger partial charge in [-0.25, -0.2) is 0 Å². The van der Waals surface area contributed by atoms with Crippen LogP contribution in [0.4, 0.5) is 0 Å². The van der Waals surface area contributed by atoms with Gasteiger partial charge >= 0.3 is 106 Å². The average molecular weight is 280 g/mol. The van der Waals surface area contributed by atoms with Crippen LogP contribution in [0.5, 0.6) is 0 Å². The Balaban J connectivity index is 3.13. The SMILES string of the molecule is CCCCCCCCCCCCOP(C)(C)(O)O. The molecule has 4 heteroatoms. The predicted octanol–water partition coefficient (Wildman–Crippen LogP) is 4.47. The zero-order chi connectivity index (χ0) is 13.9. The minimum atomic E-state index is -3.71. The summed E-state index contributed by atoms with van der Waals surface area (Å²) in [4.78, 5) is 19.0. The molecule has 0 atom stereocenters. The van der Waals surface area contributed by atoms with Crippen LogP contribution in [0.3, 0.4) is 0 Å². The summed E-state index contributed by atoms with van der Waals surface area (Å²) in [6.07, 6.45) is 12.7. The fourth-order valence-electron chi connectivity index (χ4n) is 1.92. The second kappa shape index (κ2) is 9.25. The summed E-state index contributed by atoms with van der Waals surface area (Å²) in [6, 6.07) is 0. The Kier molecular flexibility index (Phi) is 9.41. The molecule has 0 amide bonds. The van der Waals surface area contributed by atoms with E-state index < -0.39 is 7.28 Å². The van der Waals surface area contributed by atoms with Crippen molar-refractivity contribution < 1.29 is 14.3 Å². The molecule has 18 heavy (non-hydrogen) atoms. The topological polar surface area (TPSA) is 49.7 Å². The molecule has 3 nitrogen and oxygen atoms in total. The molecule has 0 saturated carbocycles. The van der Waals surface area contributed by atoms with E-state index in [1.165, 1.54) is 64.7 Å². The Hall–Kier alpha value is 0.310. The van der Waals surface area contributed by atoms with Crippen molar-refractivity contribution in [3.8, 4) is 0 Å². The molecule has 0 spiro atoms. The third-order valence-corrected chi connectivity index (χ3v) is 3.89.